The summed E-state index contributed by atoms with van der Waals surface area (Å²) in [4.78, 5) is 10.8. The van der Waals surface area contributed by atoms with Crippen LogP contribution in [0.2, 0.25) is 0 Å². The van der Waals surface area contributed by atoms with Crippen LogP contribution in [0, 0.1) is 5.92 Å². The number of carboxylic acids is 1. The molecule has 12 heavy (non-hydrogen) atoms. The molecule has 3 N–H and O–H groups in total. The number of hydrogen-bond donors (Lipinski definition) is 2. The largest absolute Gasteiger partial charge is 0.480 e. The highest BCUT2D eigenvalue weighted by atomic mass is 16.4. The highest BCUT2D eigenvalue weighted by Crippen LogP contribution is 2.27. The molecule has 1 aliphatic rings. The quantitative estimate of drug-likeness (QED) is 0.610. The fourth-order valence-electron chi connectivity index (χ4n) is 1.28. The highest BCUT2D eigenvalue weighted by Gasteiger charge is 2.39. The molecule has 0 aromatic heterocycles. The number of rotatable bonds is 1. The first-order valence-electron chi connectivity index (χ1n) is 3.87. The first kappa shape index (κ1) is 9.00. The zero-order chi connectivity index (χ0) is 9.35. The van der Waals surface area contributed by atoms with Gasteiger partial charge in [-0.1, -0.05) is 30.7 Å². The van der Waals surface area contributed by atoms with E-state index in [9.17, 15) is 4.79 Å². The van der Waals surface area contributed by atoms with Gasteiger partial charge in [0.15, 0.2) is 0 Å². The smallest absolute Gasteiger partial charge is 0.328 e. The maximum Gasteiger partial charge on any atom is 0.328 e. The Labute approximate surface area is 71.6 Å². The zero-order valence-corrected chi connectivity index (χ0v) is 7.24. The maximum absolute atomic E-state index is 10.8. The Morgan fingerprint density at radius 1 is 1.75 bits per heavy atom. The molecule has 1 rings (SSSR count). The van der Waals surface area contributed by atoms with E-state index in [1.54, 1.807) is 6.08 Å². The van der Waals surface area contributed by atoms with E-state index in [4.69, 9.17) is 10.8 Å². The predicted octanol–water partition coefficient (Wildman–Crippen LogP) is 0.921. The van der Waals surface area contributed by atoms with Crippen molar-refractivity contribution in [3.8, 4) is 0 Å². The standard InChI is InChI=1S/C9H13NO2/c1-6-4-3-5-9(10,7(6)2)8(11)12/h3-5,7H,10H2,1-2H3,(H,11,12). The minimum atomic E-state index is -1.22. The summed E-state index contributed by atoms with van der Waals surface area (Å²) in [7, 11) is 0. The lowest BCUT2D eigenvalue weighted by Crippen LogP contribution is -2.52. The van der Waals surface area contributed by atoms with Gasteiger partial charge in [-0.2, -0.15) is 0 Å². The molecule has 0 amide bonds. The summed E-state index contributed by atoms with van der Waals surface area (Å²) in [6, 6.07) is 0. The van der Waals surface area contributed by atoms with E-state index in [0.717, 1.165) is 5.57 Å². The fraction of sp³-hybridized carbons (Fsp3) is 0.444. The van der Waals surface area contributed by atoms with Gasteiger partial charge in [0, 0.05) is 5.92 Å². The van der Waals surface area contributed by atoms with Crippen molar-refractivity contribution in [2.75, 3.05) is 0 Å². The van der Waals surface area contributed by atoms with Crippen molar-refractivity contribution in [3.05, 3.63) is 23.8 Å². The molecule has 66 valence electrons. The van der Waals surface area contributed by atoms with Crippen molar-refractivity contribution >= 4 is 5.97 Å². The van der Waals surface area contributed by atoms with Gasteiger partial charge >= 0.3 is 5.97 Å². The molecule has 0 radical (unpaired) electrons. The molecule has 0 heterocycles. The van der Waals surface area contributed by atoms with Crippen LogP contribution in [0.3, 0.4) is 0 Å². The third-order valence-electron chi connectivity index (χ3n) is 2.50. The summed E-state index contributed by atoms with van der Waals surface area (Å²) in [5.41, 5.74) is 5.49. The summed E-state index contributed by atoms with van der Waals surface area (Å²) in [5.74, 6) is -1.11. The average molecular weight is 167 g/mol. The van der Waals surface area contributed by atoms with Gasteiger partial charge in [-0.25, -0.2) is 4.79 Å². The van der Waals surface area contributed by atoms with Crippen LogP contribution in [0.5, 0.6) is 0 Å². The van der Waals surface area contributed by atoms with Crippen LogP contribution in [0.4, 0.5) is 0 Å². The molecule has 0 aromatic rings. The number of carboxylic acid groups (broad SMARTS) is 1. The maximum atomic E-state index is 10.8. The Kier molecular flexibility index (Phi) is 2.06. The van der Waals surface area contributed by atoms with Gasteiger partial charge < -0.3 is 10.8 Å². The SMILES string of the molecule is CC1=CC=CC(N)(C(=O)O)C1C. The molecule has 0 aliphatic heterocycles. The minimum absolute atomic E-state index is 0.139. The minimum Gasteiger partial charge on any atom is -0.480 e. The van der Waals surface area contributed by atoms with Crippen molar-refractivity contribution in [2.45, 2.75) is 19.4 Å². The normalized spacial score (nSPS) is 34.6. The summed E-state index contributed by atoms with van der Waals surface area (Å²) in [5, 5.41) is 8.88. The topological polar surface area (TPSA) is 63.3 Å². The van der Waals surface area contributed by atoms with Crippen molar-refractivity contribution in [3.63, 3.8) is 0 Å². The molecule has 0 saturated heterocycles. The van der Waals surface area contributed by atoms with Crippen molar-refractivity contribution in [2.24, 2.45) is 11.7 Å². The second kappa shape index (κ2) is 2.75. The molecule has 2 atom stereocenters. The second-order valence-electron chi connectivity index (χ2n) is 3.23. The van der Waals surface area contributed by atoms with Crippen molar-refractivity contribution < 1.29 is 9.90 Å². The van der Waals surface area contributed by atoms with E-state index in [0.29, 0.717) is 0 Å². The molecule has 3 nitrogen and oxygen atoms in total. The number of carbonyl (C=O) groups is 1. The van der Waals surface area contributed by atoms with Crippen LogP contribution in [0.25, 0.3) is 0 Å². The van der Waals surface area contributed by atoms with Crippen molar-refractivity contribution in [1.82, 2.24) is 0 Å². The lowest BCUT2D eigenvalue weighted by atomic mass is 9.78. The Bertz CT molecular complexity index is 268. The van der Waals surface area contributed by atoms with Crippen LogP contribution in [0.15, 0.2) is 23.8 Å². The van der Waals surface area contributed by atoms with Gasteiger partial charge in [0.05, 0.1) is 0 Å². The van der Waals surface area contributed by atoms with E-state index in [2.05, 4.69) is 0 Å². The van der Waals surface area contributed by atoms with E-state index in [-0.39, 0.29) is 5.92 Å². The Hall–Kier alpha value is -1.09. The Balaban J connectivity index is 3.03. The lowest BCUT2D eigenvalue weighted by molar-refractivity contribution is -0.142. The molecule has 0 fully saturated rings. The van der Waals surface area contributed by atoms with Crippen LogP contribution in [-0.2, 0) is 4.79 Å². The first-order valence-corrected chi connectivity index (χ1v) is 3.87. The third-order valence-corrected chi connectivity index (χ3v) is 2.50. The van der Waals surface area contributed by atoms with E-state index in [1.165, 1.54) is 6.08 Å². The van der Waals surface area contributed by atoms with E-state index in [1.807, 2.05) is 19.9 Å². The summed E-state index contributed by atoms with van der Waals surface area (Å²) in [6.45, 7) is 3.71. The van der Waals surface area contributed by atoms with Gasteiger partial charge in [-0.15, -0.1) is 0 Å². The van der Waals surface area contributed by atoms with Gasteiger partial charge in [0.25, 0.3) is 0 Å². The molecular weight excluding hydrogens is 154 g/mol. The average Bonchev–Trinajstić information content (AvgIpc) is 2.00. The van der Waals surface area contributed by atoms with Crippen LogP contribution in [-0.4, -0.2) is 16.6 Å². The van der Waals surface area contributed by atoms with Gasteiger partial charge in [0.1, 0.15) is 5.54 Å². The van der Waals surface area contributed by atoms with Gasteiger partial charge in [-0.3, -0.25) is 0 Å². The van der Waals surface area contributed by atoms with Crippen LogP contribution >= 0.6 is 0 Å². The summed E-state index contributed by atoms with van der Waals surface area (Å²) in [6.07, 6.45) is 5.12. The fourth-order valence-corrected chi connectivity index (χ4v) is 1.28. The summed E-state index contributed by atoms with van der Waals surface area (Å²) >= 11 is 0. The Morgan fingerprint density at radius 3 is 2.75 bits per heavy atom. The number of hydrogen-bond acceptors (Lipinski definition) is 2. The third kappa shape index (κ3) is 1.16. The van der Waals surface area contributed by atoms with Gasteiger partial charge in [0.2, 0.25) is 0 Å². The van der Waals surface area contributed by atoms with Crippen molar-refractivity contribution in [1.29, 1.82) is 0 Å². The molecule has 0 spiro atoms. The molecule has 0 bridgehead atoms. The Morgan fingerprint density at radius 2 is 2.33 bits per heavy atom. The second-order valence-corrected chi connectivity index (χ2v) is 3.23. The van der Waals surface area contributed by atoms with Gasteiger partial charge in [-0.05, 0) is 6.92 Å². The predicted molar refractivity (Wildman–Crippen MR) is 46.6 cm³/mol. The first-order chi connectivity index (χ1) is 5.48. The van der Waals surface area contributed by atoms with E-state index >= 15 is 0 Å². The molecule has 0 saturated carbocycles. The highest BCUT2D eigenvalue weighted by molar-refractivity contribution is 5.82. The van der Waals surface area contributed by atoms with Crippen LogP contribution in [0.1, 0.15) is 13.8 Å². The molecular formula is C9H13NO2. The molecule has 2 unspecified atom stereocenters. The number of nitrogens with two attached hydrogens (primary N) is 1. The number of allylic oxidation sites excluding steroid dienone is 2. The molecule has 1 aliphatic carbocycles. The van der Waals surface area contributed by atoms with Crippen LogP contribution < -0.4 is 5.73 Å². The molecule has 3 heteroatoms. The zero-order valence-electron chi connectivity index (χ0n) is 7.24. The number of aliphatic carboxylic acids is 1. The molecule has 0 aromatic carbocycles. The lowest BCUT2D eigenvalue weighted by Gasteiger charge is -2.31. The summed E-state index contributed by atoms with van der Waals surface area (Å²) < 4.78 is 0. The van der Waals surface area contributed by atoms with E-state index < -0.39 is 11.5 Å². The monoisotopic (exact) mass is 167 g/mol.